The molecule has 1 amide bonds. The predicted molar refractivity (Wildman–Crippen MR) is 111 cm³/mol. The zero-order chi connectivity index (χ0) is 20.1. The molecule has 0 radical (unpaired) electrons. The van der Waals surface area contributed by atoms with Crippen LogP contribution in [0.4, 0.5) is 5.00 Å². The number of fused-ring (bicyclic) bond motifs is 1. The number of hydrogen-bond acceptors (Lipinski definition) is 5. The van der Waals surface area contributed by atoms with Gasteiger partial charge in [0.25, 0.3) is 0 Å². The number of carbonyl (C=O) groups is 1. The lowest BCUT2D eigenvalue weighted by atomic mass is 9.88. The van der Waals surface area contributed by atoms with Gasteiger partial charge in [-0.25, -0.2) is 0 Å². The van der Waals surface area contributed by atoms with Crippen LogP contribution in [-0.2, 0) is 24.1 Å². The highest BCUT2D eigenvalue weighted by molar-refractivity contribution is 7.16. The molecule has 2 aromatic rings. The summed E-state index contributed by atoms with van der Waals surface area (Å²) in [6.07, 6.45) is 3.97. The minimum atomic E-state index is -0.0732. The Balaban J connectivity index is 1.65. The van der Waals surface area contributed by atoms with Crippen LogP contribution in [-0.4, -0.2) is 19.6 Å². The summed E-state index contributed by atoms with van der Waals surface area (Å²) in [5.41, 5.74) is 2.80. The van der Waals surface area contributed by atoms with Gasteiger partial charge in [-0.1, -0.05) is 13.0 Å². The quantitative estimate of drug-likeness (QED) is 0.732. The zero-order valence-electron chi connectivity index (χ0n) is 16.6. The van der Waals surface area contributed by atoms with E-state index in [0.717, 1.165) is 30.4 Å². The van der Waals surface area contributed by atoms with Crippen LogP contribution >= 0.6 is 11.3 Å². The number of thiophene rings is 1. The van der Waals surface area contributed by atoms with Gasteiger partial charge in [-0.15, -0.1) is 11.3 Å². The largest absolute Gasteiger partial charge is 0.493 e. The second-order valence-corrected chi connectivity index (χ2v) is 8.24. The van der Waals surface area contributed by atoms with E-state index in [1.807, 2.05) is 25.1 Å². The molecule has 1 N–H and O–H groups in total. The highest BCUT2D eigenvalue weighted by Crippen LogP contribution is 2.39. The molecule has 0 saturated heterocycles. The number of nitrogens with zero attached hydrogens (tertiary/aromatic N) is 1. The van der Waals surface area contributed by atoms with Crippen LogP contribution < -0.4 is 14.8 Å². The smallest absolute Gasteiger partial charge is 0.225 e. The summed E-state index contributed by atoms with van der Waals surface area (Å²) in [7, 11) is 1.61. The minimum absolute atomic E-state index is 0.0732. The first-order valence-corrected chi connectivity index (χ1v) is 10.5. The first-order valence-electron chi connectivity index (χ1n) is 9.69. The zero-order valence-corrected chi connectivity index (χ0v) is 17.4. The Hall–Kier alpha value is -2.52. The van der Waals surface area contributed by atoms with E-state index in [1.54, 1.807) is 18.4 Å². The first-order chi connectivity index (χ1) is 13.5. The number of rotatable bonds is 7. The molecule has 1 heterocycles. The van der Waals surface area contributed by atoms with Crippen LogP contribution in [0, 0.1) is 17.2 Å². The van der Waals surface area contributed by atoms with Crippen LogP contribution in [0.1, 0.15) is 48.3 Å². The van der Waals surface area contributed by atoms with Crippen LogP contribution in [0.5, 0.6) is 11.5 Å². The number of aryl methyl sites for hydroxylation is 1. The van der Waals surface area contributed by atoms with Gasteiger partial charge in [0, 0.05) is 11.3 Å². The third-order valence-corrected chi connectivity index (χ3v) is 6.21. The van der Waals surface area contributed by atoms with Gasteiger partial charge in [-0.3, -0.25) is 4.79 Å². The third-order valence-electron chi connectivity index (χ3n) is 5.05. The lowest BCUT2D eigenvalue weighted by Crippen LogP contribution is -2.12. The standard InChI is InChI=1S/C22H26N2O3S/c1-4-27-18-9-6-15(12-19(18)26-3)7-10-21(25)24-22-17(13-23)16-8-5-14(2)11-20(16)28-22/h6,9,12,14H,4-5,7-8,10-11H2,1-3H3,(H,24,25). The lowest BCUT2D eigenvalue weighted by molar-refractivity contribution is -0.116. The Morgan fingerprint density at radius 3 is 2.93 bits per heavy atom. The molecule has 6 heteroatoms. The van der Waals surface area contributed by atoms with Crippen LogP contribution in [0.25, 0.3) is 0 Å². The van der Waals surface area contributed by atoms with E-state index in [0.29, 0.717) is 47.4 Å². The average Bonchev–Trinajstić information content (AvgIpc) is 3.03. The third kappa shape index (κ3) is 4.48. The SMILES string of the molecule is CCOc1ccc(CCC(=O)Nc2sc3c(c2C#N)CCC(C)C3)cc1OC. The summed E-state index contributed by atoms with van der Waals surface area (Å²) >= 11 is 1.56. The molecule has 0 bridgehead atoms. The highest BCUT2D eigenvalue weighted by Gasteiger charge is 2.24. The van der Waals surface area contributed by atoms with Crippen molar-refractivity contribution in [3.05, 3.63) is 39.8 Å². The second kappa shape index (κ2) is 9.11. The van der Waals surface area contributed by atoms with Crippen molar-refractivity contribution in [3.63, 3.8) is 0 Å². The van der Waals surface area contributed by atoms with Crippen LogP contribution in [0.15, 0.2) is 18.2 Å². The maximum Gasteiger partial charge on any atom is 0.225 e. The van der Waals surface area contributed by atoms with Crippen LogP contribution in [0.2, 0.25) is 0 Å². The van der Waals surface area contributed by atoms with Gasteiger partial charge < -0.3 is 14.8 Å². The van der Waals surface area contributed by atoms with E-state index < -0.39 is 0 Å². The summed E-state index contributed by atoms with van der Waals surface area (Å²) in [5, 5.41) is 13.2. The molecule has 28 heavy (non-hydrogen) atoms. The number of hydrogen-bond donors (Lipinski definition) is 1. The molecular weight excluding hydrogens is 372 g/mol. The van der Waals surface area contributed by atoms with Crippen molar-refractivity contribution in [2.24, 2.45) is 5.92 Å². The van der Waals surface area contributed by atoms with Crippen molar-refractivity contribution in [2.45, 2.75) is 46.0 Å². The molecule has 148 valence electrons. The topological polar surface area (TPSA) is 71.3 Å². The number of carbonyl (C=O) groups excluding carboxylic acids is 1. The number of nitrogens with one attached hydrogen (secondary N) is 1. The summed E-state index contributed by atoms with van der Waals surface area (Å²) in [6.45, 7) is 4.73. The van der Waals surface area contributed by atoms with Gasteiger partial charge in [0.1, 0.15) is 11.1 Å². The summed E-state index contributed by atoms with van der Waals surface area (Å²) in [4.78, 5) is 13.7. The van der Waals surface area contributed by atoms with Crippen molar-refractivity contribution in [1.29, 1.82) is 5.26 Å². The number of anilines is 1. The van der Waals surface area contributed by atoms with Gasteiger partial charge in [0.05, 0.1) is 19.3 Å². The van der Waals surface area contributed by atoms with E-state index in [-0.39, 0.29) is 5.91 Å². The molecular formula is C22H26N2O3S. The number of ether oxygens (including phenoxy) is 2. The number of amides is 1. The Kier molecular flexibility index (Phi) is 6.58. The van der Waals surface area contributed by atoms with E-state index >= 15 is 0 Å². The Morgan fingerprint density at radius 1 is 1.39 bits per heavy atom. The van der Waals surface area contributed by atoms with Crippen molar-refractivity contribution in [3.8, 4) is 17.6 Å². The molecule has 1 aliphatic carbocycles. The van der Waals surface area contributed by atoms with Crippen molar-refractivity contribution < 1.29 is 14.3 Å². The van der Waals surface area contributed by atoms with E-state index in [1.165, 1.54) is 4.88 Å². The molecule has 0 aliphatic heterocycles. The first kappa shape index (κ1) is 20.2. The molecule has 1 aliphatic rings. The summed E-state index contributed by atoms with van der Waals surface area (Å²) < 4.78 is 10.9. The molecule has 3 rings (SSSR count). The molecule has 0 saturated carbocycles. The fourth-order valence-electron chi connectivity index (χ4n) is 3.55. The van der Waals surface area contributed by atoms with Crippen molar-refractivity contribution >= 4 is 22.2 Å². The Labute approximate surface area is 170 Å². The Bertz CT molecular complexity index is 898. The number of methoxy groups -OCH3 is 1. The molecule has 1 aromatic heterocycles. The molecule has 0 spiro atoms. The van der Waals surface area contributed by atoms with Gasteiger partial charge >= 0.3 is 0 Å². The minimum Gasteiger partial charge on any atom is -0.493 e. The Morgan fingerprint density at radius 2 is 2.21 bits per heavy atom. The summed E-state index contributed by atoms with van der Waals surface area (Å²) in [5.74, 6) is 1.94. The monoisotopic (exact) mass is 398 g/mol. The molecule has 1 aromatic carbocycles. The van der Waals surface area contributed by atoms with Gasteiger partial charge in [-0.2, -0.15) is 5.26 Å². The van der Waals surface area contributed by atoms with Crippen molar-refractivity contribution in [2.75, 3.05) is 19.0 Å². The second-order valence-electron chi connectivity index (χ2n) is 7.13. The maximum absolute atomic E-state index is 12.5. The average molecular weight is 399 g/mol. The molecule has 0 fully saturated rings. The molecule has 1 atom stereocenters. The fourth-order valence-corrected chi connectivity index (χ4v) is 4.92. The number of nitriles is 1. The van der Waals surface area contributed by atoms with E-state index in [9.17, 15) is 10.1 Å². The lowest BCUT2D eigenvalue weighted by Gasteiger charge is -2.17. The summed E-state index contributed by atoms with van der Waals surface area (Å²) in [6, 6.07) is 8.03. The van der Waals surface area contributed by atoms with E-state index in [2.05, 4.69) is 18.3 Å². The molecule has 1 unspecified atom stereocenters. The fraction of sp³-hybridized carbons (Fsp3) is 0.455. The molecule has 5 nitrogen and oxygen atoms in total. The van der Waals surface area contributed by atoms with E-state index in [4.69, 9.17) is 9.47 Å². The highest BCUT2D eigenvalue weighted by atomic mass is 32.1. The van der Waals surface area contributed by atoms with Crippen molar-refractivity contribution in [1.82, 2.24) is 0 Å². The van der Waals surface area contributed by atoms with Crippen LogP contribution in [0.3, 0.4) is 0 Å². The normalized spacial score (nSPS) is 15.4. The van der Waals surface area contributed by atoms with Gasteiger partial charge in [-0.05, 0) is 61.8 Å². The number of benzene rings is 1. The van der Waals surface area contributed by atoms with Gasteiger partial charge in [0.2, 0.25) is 5.91 Å². The van der Waals surface area contributed by atoms with Gasteiger partial charge in [0.15, 0.2) is 11.5 Å². The predicted octanol–water partition coefficient (Wildman–Crippen LogP) is 4.72. The maximum atomic E-state index is 12.5.